The molecular weight excluding hydrogens is 404 g/mol. The Morgan fingerprint density at radius 3 is 2.24 bits per heavy atom. The summed E-state index contributed by atoms with van der Waals surface area (Å²) in [5.74, 6) is 1.45. The van der Waals surface area contributed by atoms with Crippen molar-refractivity contribution in [1.82, 2.24) is 10.2 Å². The van der Waals surface area contributed by atoms with Crippen molar-refractivity contribution in [2.24, 2.45) is 0 Å². The van der Waals surface area contributed by atoms with E-state index in [1.54, 1.807) is 14.2 Å². The zero-order chi connectivity index (χ0) is 17.8. The quantitative estimate of drug-likeness (QED) is 0.781. The van der Waals surface area contributed by atoms with Gasteiger partial charge in [-0.1, -0.05) is 39.7 Å². The molecule has 0 bridgehead atoms. The van der Waals surface area contributed by atoms with Gasteiger partial charge in [0.05, 0.1) is 20.3 Å². The van der Waals surface area contributed by atoms with Crippen molar-refractivity contribution in [1.29, 1.82) is 0 Å². The molecule has 1 aliphatic heterocycles. The fourth-order valence-electron chi connectivity index (χ4n) is 3.25. The second-order valence-electron chi connectivity index (χ2n) is 5.97. The van der Waals surface area contributed by atoms with Gasteiger partial charge in [0.1, 0.15) is 0 Å². The van der Waals surface area contributed by atoms with Gasteiger partial charge >= 0.3 is 0 Å². The molecule has 2 aromatic carbocycles. The van der Waals surface area contributed by atoms with Crippen LogP contribution in [0.2, 0.25) is 5.02 Å². The number of nitrogens with zero attached hydrogens (tertiary/aromatic N) is 1. The molecule has 0 radical (unpaired) electrons. The molecule has 6 heteroatoms. The maximum atomic E-state index is 6.10. The summed E-state index contributed by atoms with van der Waals surface area (Å²) in [6.07, 6.45) is 0. The number of piperazine rings is 1. The van der Waals surface area contributed by atoms with Crippen LogP contribution in [0.1, 0.15) is 17.2 Å². The normalized spacial score (nSPS) is 16.5. The third-order valence-corrected chi connectivity index (χ3v) is 5.44. The zero-order valence-corrected chi connectivity index (χ0v) is 16.7. The molecule has 1 atom stereocenters. The Morgan fingerprint density at radius 2 is 1.64 bits per heavy atom. The van der Waals surface area contributed by atoms with E-state index >= 15 is 0 Å². The Morgan fingerprint density at radius 1 is 1.04 bits per heavy atom. The van der Waals surface area contributed by atoms with Crippen molar-refractivity contribution in [3.05, 3.63) is 57.0 Å². The van der Waals surface area contributed by atoms with Gasteiger partial charge in [-0.2, -0.15) is 0 Å². The van der Waals surface area contributed by atoms with E-state index in [9.17, 15) is 0 Å². The molecule has 1 fully saturated rings. The highest BCUT2D eigenvalue weighted by Gasteiger charge is 2.27. The second-order valence-corrected chi connectivity index (χ2v) is 7.26. The van der Waals surface area contributed by atoms with Crippen LogP contribution in [0.3, 0.4) is 0 Å². The van der Waals surface area contributed by atoms with E-state index in [1.165, 1.54) is 5.56 Å². The Balaban J connectivity index is 2.09. The molecule has 4 nitrogen and oxygen atoms in total. The first kappa shape index (κ1) is 18.5. The monoisotopic (exact) mass is 424 g/mol. The average molecular weight is 426 g/mol. The largest absolute Gasteiger partial charge is 0.493 e. The third kappa shape index (κ3) is 4.11. The molecule has 1 heterocycles. The van der Waals surface area contributed by atoms with E-state index in [0.717, 1.165) is 47.0 Å². The van der Waals surface area contributed by atoms with Crippen molar-refractivity contribution in [3.63, 3.8) is 0 Å². The summed E-state index contributed by atoms with van der Waals surface area (Å²) in [4.78, 5) is 2.48. The maximum absolute atomic E-state index is 6.10. The molecule has 25 heavy (non-hydrogen) atoms. The minimum Gasteiger partial charge on any atom is -0.493 e. The molecule has 1 unspecified atom stereocenters. The van der Waals surface area contributed by atoms with Crippen LogP contribution in [0, 0.1) is 0 Å². The van der Waals surface area contributed by atoms with E-state index in [0.29, 0.717) is 5.75 Å². The standard InChI is InChI=1S/C19H22BrClN2O2/c1-24-17-11-15(16(20)12-18(17)25-2)19(23-9-7-22-8-10-23)13-3-5-14(21)6-4-13/h3-6,11-12,19,22H,7-10H2,1-2H3. The first-order valence-electron chi connectivity index (χ1n) is 8.25. The fourth-order valence-corrected chi connectivity index (χ4v) is 3.92. The molecular formula is C19H22BrClN2O2. The molecule has 0 aromatic heterocycles. The Bertz CT molecular complexity index is 718. The minimum atomic E-state index is 0.119. The number of nitrogens with one attached hydrogen (secondary N) is 1. The molecule has 0 spiro atoms. The van der Waals surface area contributed by atoms with Crippen molar-refractivity contribution in [3.8, 4) is 11.5 Å². The summed E-state index contributed by atoms with van der Waals surface area (Å²) in [5, 5.41) is 4.16. The molecule has 134 valence electrons. The predicted octanol–water partition coefficient (Wildman–Crippen LogP) is 4.11. The molecule has 0 amide bonds. The summed E-state index contributed by atoms with van der Waals surface area (Å²) in [7, 11) is 3.31. The van der Waals surface area contributed by atoms with Gasteiger partial charge in [-0.3, -0.25) is 4.90 Å². The Hall–Kier alpha value is -1.27. The third-order valence-electron chi connectivity index (χ3n) is 4.50. The number of halogens is 2. The summed E-state index contributed by atoms with van der Waals surface area (Å²) >= 11 is 9.82. The maximum Gasteiger partial charge on any atom is 0.161 e. The van der Waals surface area contributed by atoms with Crippen LogP contribution in [-0.4, -0.2) is 45.3 Å². The van der Waals surface area contributed by atoms with Crippen LogP contribution in [0.25, 0.3) is 0 Å². The SMILES string of the molecule is COc1cc(Br)c(C(c2ccc(Cl)cc2)N2CCNCC2)cc1OC. The Labute approximate surface area is 162 Å². The van der Waals surface area contributed by atoms with Crippen LogP contribution < -0.4 is 14.8 Å². The smallest absolute Gasteiger partial charge is 0.161 e. The highest BCUT2D eigenvalue weighted by Crippen LogP contribution is 2.40. The topological polar surface area (TPSA) is 33.7 Å². The highest BCUT2D eigenvalue weighted by atomic mass is 79.9. The molecule has 3 rings (SSSR count). The lowest BCUT2D eigenvalue weighted by Crippen LogP contribution is -2.45. The lowest BCUT2D eigenvalue weighted by atomic mass is 9.96. The van der Waals surface area contributed by atoms with Crippen LogP contribution in [0.5, 0.6) is 11.5 Å². The second kappa shape index (κ2) is 8.41. The summed E-state index contributed by atoms with van der Waals surface area (Å²) in [6, 6.07) is 12.2. The van der Waals surface area contributed by atoms with E-state index in [4.69, 9.17) is 21.1 Å². The minimum absolute atomic E-state index is 0.119. The van der Waals surface area contributed by atoms with Crippen molar-refractivity contribution in [2.45, 2.75) is 6.04 Å². The lowest BCUT2D eigenvalue weighted by Gasteiger charge is -2.36. The predicted molar refractivity (Wildman–Crippen MR) is 105 cm³/mol. The van der Waals surface area contributed by atoms with Gasteiger partial charge in [-0.25, -0.2) is 0 Å². The number of hydrogen-bond donors (Lipinski definition) is 1. The lowest BCUT2D eigenvalue weighted by molar-refractivity contribution is 0.197. The molecule has 1 saturated heterocycles. The summed E-state index contributed by atoms with van der Waals surface area (Å²) in [6.45, 7) is 3.92. The van der Waals surface area contributed by atoms with Gasteiger partial charge in [-0.15, -0.1) is 0 Å². The van der Waals surface area contributed by atoms with Crippen LogP contribution in [0.4, 0.5) is 0 Å². The number of methoxy groups -OCH3 is 2. The van der Waals surface area contributed by atoms with E-state index in [-0.39, 0.29) is 6.04 Å². The summed E-state index contributed by atoms with van der Waals surface area (Å²) in [5.41, 5.74) is 2.36. The zero-order valence-electron chi connectivity index (χ0n) is 14.4. The number of benzene rings is 2. The van der Waals surface area contributed by atoms with Gasteiger partial charge in [0, 0.05) is 35.7 Å². The first-order valence-corrected chi connectivity index (χ1v) is 9.42. The van der Waals surface area contributed by atoms with Crippen LogP contribution in [-0.2, 0) is 0 Å². The first-order chi connectivity index (χ1) is 12.1. The molecule has 2 aromatic rings. The molecule has 0 saturated carbocycles. The van der Waals surface area contributed by atoms with E-state index < -0.39 is 0 Å². The van der Waals surface area contributed by atoms with Gasteiger partial charge in [0.15, 0.2) is 11.5 Å². The molecule has 0 aliphatic carbocycles. The number of ether oxygens (including phenoxy) is 2. The van der Waals surface area contributed by atoms with Crippen molar-refractivity contribution >= 4 is 27.5 Å². The average Bonchev–Trinajstić information content (AvgIpc) is 2.65. The summed E-state index contributed by atoms with van der Waals surface area (Å²) < 4.78 is 12.0. The van der Waals surface area contributed by atoms with Gasteiger partial charge < -0.3 is 14.8 Å². The fraction of sp³-hybridized carbons (Fsp3) is 0.368. The van der Waals surface area contributed by atoms with E-state index in [2.05, 4.69) is 44.3 Å². The number of hydrogen-bond acceptors (Lipinski definition) is 4. The van der Waals surface area contributed by atoms with Crippen LogP contribution in [0.15, 0.2) is 40.9 Å². The van der Waals surface area contributed by atoms with E-state index in [1.807, 2.05) is 18.2 Å². The van der Waals surface area contributed by atoms with Gasteiger partial charge in [0.2, 0.25) is 0 Å². The molecule has 1 aliphatic rings. The van der Waals surface area contributed by atoms with Gasteiger partial charge in [0.25, 0.3) is 0 Å². The molecule has 1 N–H and O–H groups in total. The van der Waals surface area contributed by atoms with Gasteiger partial charge in [-0.05, 0) is 35.4 Å². The van der Waals surface area contributed by atoms with Crippen molar-refractivity contribution < 1.29 is 9.47 Å². The number of rotatable bonds is 5. The van der Waals surface area contributed by atoms with Crippen LogP contribution >= 0.6 is 27.5 Å². The Kier molecular flexibility index (Phi) is 6.23. The highest BCUT2D eigenvalue weighted by molar-refractivity contribution is 9.10. The van der Waals surface area contributed by atoms with Crippen molar-refractivity contribution in [2.75, 3.05) is 40.4 Å².